The highest BCUT2D eigenvalue weighted by atomic mass is 127. The minimum absolute atomic E-state index is 0.155. The summed E-state index contributed by atoms with van der Waals surface area (Å²) in [5.74, 6) is 0.694. The third kappa shape index (κ3) is 4.91. The van der Waals surface area contributed by atoms with Gasteiger partial charge in [-0.25, -0.2) is 9.79 Å². The number of rotatable bonds is 6. The lowest BCUT2D eigenvalue weighted by Crippen LogP contribution is -2.06. The van der Waals surface area contributed by atoms with E-state index in [0.717, 1.165) is 9.13 Å². The van der Waals surface area contributed by atoms with Crippen LogP contribution in [0.25, 0.3) is 6.08 Å². The van der Waals surface area contributed by atoms with E-state index in [2.05, 4.69) is 27.6 Å². The quantitative estimate of drug-likeness (QED) is 0.221. The van der Waals surface area contributed by atoms with E-state index in [9.17, 15) is 4.79 Å². The van der Waals surface area contributed by atoms with E-state index in [1.807, 2.05) is 36.4 Å². The Kier molecular flexibility index (Phi) is 6.58. The topological polar surface area (TPSA) is 57.1 Å². The minimum Gasteiger partial charge on any atom is -0.493 e. The molecular formula is C24H17ClINO4. The van der Waals surface area contributed by atoms with Crippen LogP contribution in [0.3, 0.4) is 0 Å². The number of aliphatic imine (C=N–C) groups is 1. The second kappa shape index (κ2) is 9.53. The maximum Gasteiger partial charge on any atom is 0.363 e. The number of esters is 1. The molecule has 3 aromatic rings. The summed E-state index contributed by atoms with van der Waals surface area (Å²) in [6.07, 6.45) is 1.62. The number of benzene rings is 3. The van der Waals surface area contributed by atoms with Gasteiger partial charge in [0.15, 0.2) is 17.2 Å². The van der Waals surface area contributed by atoms with Gasteiger partial charge in [0.05, 0.1) is 17.7 Å². The minimum atomic E-state index is -0.554. The lowest BCUT2D eigenvalue weighted by Gasteiger charge is -2.13. The number of methoxy groups -OCH3 is 1. The summed E-state index contributed by atoms with van der Waals surface area (Å²) in [5, 5.41) is 0.457. The van der Waals surface area contributed by atoms with Crippen LogP contribution in [0, 0.1) is 3.57 Å². The SMILES string of the molecule is COc1cccc(/C=C2\N=C(c3ccccc3Cl)OC2=O)c1OCc1cccc(I)c1. The van der Waals surface area contributed by atoms with Gasteiger partial charge in [-0.2, -0.15) is 0 Å². The van der Waals surface area contributed by atoms with Crippen molar-refractivity contribution in [1.82, 2.24) is 0 Å². The Hall–Kier alpha value is -2.84. The average Bonchev–Trinajstić information content (AvgIpc) is 3.13. The molecule has 0 aliphatic carbocycles. The normalized spacial score (nSPS) is 14.4. The van der Waals surface area contributed by atoms with Crippen LogP contribution in [0.1, 0.15) is 16.7 Å². The van der Waals surface area contributed by atoms with Crippen molar-refractivity contribution in [3.05, 3.63) is 97.7 Å². The van der Waals surface area contributed by atoms with Gasteiger partial charge < -0.3 is 14.2 Å². The Morgan fingerprint density at radius 2 is 1.90 bits per heavy atom. The molecule has 0 amide bonds. The van der Waals surface area contributed by atoms with Crippen molar-refractivity contribution < 1.29 is 19.0 Å². The largest absolute Gasteiger partial charge is 0.493 e. The van der Waals surface area contributed by atoms with Gasteiger partial charge >= 0.3 is 5.97 Å². The van der Waals surface area contributed by atoms with Crippen molar-refractivity contribution in [2.45, 2.75) is 6.61 Å². The molecule has 0 unspecified atom stereocenters. The molecule has 156 valence electrons. The first-order chi connectivity index (χ1) is 15.0. The summed E-state index contributed by atoms with van der Waals surface area (Å²) in [4.78, 5) is 16.8. The number of carbonyl (C=O) groups is 1. The van der Waals surface area contributed by atoms with Gasteiger partial charge in [0, 0.05) is 9.13 Å². The Morgan fingerprint density at radius 3 is 2.68 bits per heavy atom. The highest BCUT2D eigenvalue weighted by Crippen LogP contribution is 2.34. The molecule has 31 heavy (non-hydrogen) atoms. The lowest BCUT2D eigenvalue weighted by molar-refractivity contribution is -0.129. The fourth-order valence-electron chi connectivity index (χ4n) is 3.05. The Balaban J connectivity index is 1.67. The molecule has 0 spiro atoms. The van der Waals surface area contributed by atoms with E-state index >= 15 is 0 Å². The Bertz CT molecular complexity index is 1210. The number of hydrogen-bond acceptors (Lipinski definition) is 5. The van der Waals surface area contributed by atoms with E-state index in [-0.39, 0.29) is 11.6 Å². The van der Waals surface area contributed by atoms with Crippen LogP contribution in [0.5, 0.6) is 11.5 Å². The summed E-state index contributed by atoms with van der Waals surface area (Å²) in [7, 11) is 1.57. The molecule has 0 radical (unpaired) electrons. The van der Waals surface area contributed by atoms with Gasteiger partial charge in [0.25, 0.3) is 0 Å². The van der Waals surface area contributed by atoms with Crippen LogP contribution in [0.2, 0.25) is 5.02 Å². The molecule has 0 saturated carbocycles. The smallest absolute Gasteiger partial charge is 0.363 e. The van der Waals surface area contributed by atoms with Gasteiger partial charge in [-0.3, -0.25) is 0 Å². The molecular weight excluding hydrogens is 529 g/mol. The highest BCUT2D eigenvalue weighted by molar-refractivity contribution is 14.1. The third-order valence-corrected chi connectivity index (χ3v) is 5.52. The standard InChI is InChI=1S/C24H17ClINO4/c1-29-21-11-5-7-16(22(21)30-14-15-6-4-8-17(26)12-15)13-20-24(28)31-23(27-20)18-9-2-3-10-19(18)25/h2-13H,14H2,1H3/b20-13-. The number of carbonyl (C=O) groups excluding carboxylic acids is 1. The summed E-state index contributed by atoms with van der Waals surface area (Å²) in [6.45, 7) is 0.353. The molecule has 0 N–H and O–H groups in total. The van der Waals surface area contributed by atoms with Gasteiger partial charge in [0.2, 0.25) is 5.90 Å². The zero-order valence-corrected chi connectivity index (χ0v) is 19.4. The number of ether oxygens (including phenoxy) is 3. The fourth-order valence-corrected chi connectivity index (χ4v) is 3.87. The molecule has 5 nitrogen and oxygen atoms in total. The summed E-state index contributed by atoms with van der Waals surface area (Å²) < 4.78 is 18.0. The Labute approximate surface area is 198 Å². The summed E-state index contributed by atoms with van der Waals surface area (Å²) in [5.41, 5.74) is 2.39. The first-order valence-corrected chi connectivity index (χ1v) is 10.8. The van der Waals surface area contributed by atoms with Crippen LogP contribution in [-0.4, -0.2) is 19.0 Å². The predicted molar refractivity (Wildman–Crippen MR) is 129 cm³/mol. The van der Waals surface area contributed by atoms with Crippen LogP contribution < -0.4 is 9.47 Å². The van der Waals surface area contributed by atoms with Crippen molar-refractivity contribution in [2.75, 3.05) is 7.11 Å². The number of cyclic esters (lactones) is 1. The van der Waals surface area contributed by atoms with E-state index in [1.54, 1.807) is 43.5 Å². The average molecular weight is 546 g/mol. The van der Waals surface area contributed by atoms with Gasteiger partial charge in [-0.05, 0) is 64.6 Å². The van der Waals surface area contributed by atoms with E-state index in [1.165, 1.54) is 0 Å². The lowest BCUT2D eigenvalue weighted by atomic mass is 10.1. The van der Waals surface area contributed by atoms with Gasteiger partial charge in [-0.1, -0.05) is 48.0 Å². The highest BCUT2D eigenvalue weighted by Gasteiger charge is 2.26. The molecule has 3 aromatic carbocycles. The number of hydrogen-bond donors (Lipinski definition) is 0. The third-order valence-electron chi connectivity index (χ3n) is 4.52. The molecule has 4 rings (SSSR count). The maximum absolute atomic E-state index is 12.4. The molecule has 0 fully saturated rings. The van der Waals surface area contributed by atoms with E-state index in [4.69, 9.17) is 25.8 Å². The number of para-hydroxylation sites is 1. The molecule has 1 aliphatic rings. The molecule has 1 aliphatic heterocycles. The monoisotopic (exact) mass is 545 g/mol. The van der Waals surface area contributed by atoms with Crippen molar-refractivity contribution in [3.63, 3.8) is 0 Å². The summed E-state index contributed by atoms with van der Waals surface area (Å²) >= 11 is 8.47. The van der Waals surface area contributed by atoms with Crippen LogP contribution in [0.15, 0.2) is 77.4 Å². The van der Waals surface area contributed by atoms with Crippen LogP contribution in [-0.2, 0) is 16.1 Å². The van der Waals surface area contributed by atoms with Crippen molar-refractivity contribution >= 4 is 52.1 Å². The van der Waals surface area contributed by atoms with Crippen LogP contribution >= 0.6 is 34.2 Å². The molecule has 0 saturated heterocycles. The van der Waals surface area contributed by atoms with E-state index in [0.29, 0.717) is 34.3 Å². The molecule has 7 heteroatoms. The number of nitrogens with zero attached hydrogens (tertiary/aromatic N) is 1. The zero-order chi connectivity index (χ0) is 21.8. The van der Waals surface area contributed by atoms with Gasteiger partial charge in [0.1, 0.15) is 6.61 Å². The van der Waals surface area contributed by atoms with Crippen molar-refractivity contribution in [1.29, 1.82) is 0 Å². The van der Waals surface area contributed by atoms with Crippen molar-refractivity contribution in [3.8, 4) is 11.5 Å². The van der Waals surface area contributed by atoms with Gasteiger partial charge in [-0.15, -0.1) is 0 Å². The number of halogens is 2. The van der Waals surface area contributed by atoms with Crippen molar-refractivity contribution in [2.24, 2.45) is 4.99 Å². The maximum atomic E-state index is 12.4. The molecule has 0 aromatic heterocycles. The second-order valence-corrected chi connectivity index (χ2v) is 8.27. The molecule has 0 atom stereocenters. The van der Waals surface area contributed by atoms with Crippen LogP contribution in [0.4, 0.5) is 0 Å². The van der Waals surface area contributed by atoms with E-state index < -0.39 is 5.97 Å². The zero-order valence-electron chi connectivity index (χ0n) is 16.5. The summed E-state index contributed by atoms with van der Waals surface area (Å²) in [6, 6.07) is 20.6. The molecule has 0 bridgehead atoms. The first kappa shape index (κ1) is 21.4. The first-order valence-electron chi connectivity index (χ1n) is 9.37. The molecule has 1 heterocycles. The fraction of sp³-hybridized carbons (Fsp3) is 0.0833. The Morgan fingerprint density at radius 1 is 1.10 bits per heavy atom. The second-order valence-electron chi connectivity index (χ2n) is 6.61. The predicted octanol–water partition coefficient (Wildman–Crippen LogP) is 5.88.